The molecular formula is C17H29NO5. The smallest absolute Gasteiger partial charge is 0.332 e. The van der Waals surface area contributed by atoms with Crippen molar-refractivity contribution in [3.05, 3.63) is 0 Å². The third-order valence-electron chi connectivity index (χ3n) is 4.04. The number of esters is 2. The summed E-state index contributed by atoms with van der Waals surface area (Å²) in [4.78, 5) is 23.8. The SMILES string of the molecule is CC(C)(C)OC(=O)COC1CC2(CNC2C(=O)OC(C)(C)C)C1. The molecule has 6 heteroatoms. The maximum atomic E-state index is 12.2. The normalized spacial score (nSPS) is 30.3. The molecule has 0 radical (unpaired) electrons. The summed E-state index contributed by atoms with van der Waals surface area (Å²) in [5.74, 6) is -0.553. The van der Waals surface area contributed by atoms with Crippen LogP contribution in [0.5, 0.6) is 0 Å². The molecule has 1 saturated carbocycles. The molecule has 2 rings (SSSR count). The maximum absolute atomic E-state index is 12.2. The first kappa shape index (κ1) is 18.2. The molecule has 0 aromatic carbocycles. The highest BCUT2D eigenvalue weighted by molar-refractivity contribution is 5.79. The average Bonchev–Trinajstić information content (AvgIpc) is 2.19. The van der Waals surface area contributed by atoms with Crippen LogP contribution in [0.1, 0.15) is 54.4 Å². The Morgan fingerprint density at radius 3 is 2.04 bits per heavy atom. The highest BCUT2D eigenvalue weighted by atomic mass is 16.6. The molecule has 1 saturated heterocycles. The van der Waals surface area contributed by atoms with E-state index >= 15 is 0 Å². The standard InChI is InChI=1S/C17H29NO5/c1-15(2,3)22-12(19)9-21-11-7-17(8-11)10-18-13(17)14(20)23-16(4,5)6/h11,13,18H,7-10H2,1-6H3. The predicted molar refractivity (Wildman–Crippen MR) is 84.9 cm³/mol. The molecule has 0 amide bonds. The monoisotopic (exact) mass is 327 g/mol. The van der Waals surface area contributed by atoms with E-state index in [4.69, 9.17) is 14.2 Å². The van der Waals surface area contributed by atoms with Crippen LogP contribution in [0.25, 0.3) is 0 Å². The summed E-state index contributed by atoms with van der Waals surface area (Å²) >= 11 is 0. The number of carbonyl (C=O) groups excluding carboxylic acids is 2. The zero-order valence-electron chi connectivity index (χ0n) is 15.0. The Morgan fingerprint density at radius 1 is 1.04 bits per heavy atom. The van der Waals surface area contributed by atoms with Crippen molar-refractivity contribution < 1.29 is 23.8 Å². The van der Waals surface area contributed by atoms with Crippen molar-refractivity contribution in [1.82, 2.24) is 5.32 Å². The van der Waals surface area contributed by atoms with E-state index in [0.29, 0.717) is 0 Å². The van der Waals surface area contributed by atoms with E-state index in [1.807, 2.05) is 41.5 Å². The predicted octanol–water partition coefficient (Wildman–Crippen LogP) is 1.81. The van der Waals surface area contributed by atoms with Crippen molar-refractivity contribution in [2.75, 3.05) is 13.2 Å². The van der Waals surface area contributed by atoms with Gasteiger partial charge in [0.15, 0.2) is 0 Å². The molecule has 1 aliphatic heterocycles. The molecule has 2 aliphatic rings. The van der Waals surface area contributed by atoms with Gasteiger partial charge in [-0.2, -0.15) is 0 Å². The first-order chi connectivity index (χ1) is 10.4. The van der Waals surface area contributed by atoms with Gasteiger partial charge in [0.1, 0.15) is 23.9 Å². The van der Waals surface area contributed by atoms with E-state index in [2.05, 4.69) is 5.32 Å². The molecule has 0 bridgehead atoms. The zero-order chi connectivity index (χ0) is 17.5. The fraction of sp³-hybridized carbons (Fsp3) is 0.882. The summed E-state index contributed by atoms with van der Waals surface area (Å²) in [5, 5.41) is 3.16. The van der Waals surface area contributed by atoms with Crippen LogP contribution in [0.2, 0.25) is 0 Å². The Balaban J connectivity index is 1.73. The molecule has 1 aliphatic carbocycles. The lowest BCUT2D eigenvalue weighted by atomic mass is 9.57. The van der Waals surface area contributed by atoms with E-state index in [1.54, 1.807) is 0 Å². The highest BCUT2D eigenvalue weighted by Gasteiger charge is 2.59. The third kappa shape index (κ3) is 4.67. The van der Waals surface area contributed by atoms with E-state index in [-0.39, 0.29) is 36.1 Å². The van der Waals surface area contributed by atoms with Crippen molar-refractivity contribution >= 4 is 11.9 Å². The molecular weight excluding hydrogens is 298 g/mol. The van der Waals surface area contributed by atoms with Gasteiger partial charge in [0.25, 0.3) is 0 Å². The summed E-state index contributed by atoms with van der Waals surface area (Å²) in [5.41, 5.74) is -1.05. The van der Waals surface area contributed by atoms with Crippen molar-refractivity contribution in [3.63, 3.8) is 0 Å². The Bertz CT molecular complexity index is 468. The number of nitrogens with one attached hydrogen (secondary N) is 1. The van der Waals surface area contributed by atoms with Crippen molar-refractivity contribution in [3.8, 4) is 0 Å². The largest absolute Gasteiger partial charge is 0.459 e. The van der Waals surface area contributed by atoms with Crippen molar-refractivity contribution in [2.45, 2.75) is 77.7 Å². The summed E-state index contributed by atoms with van der Waals surface area (Å²) in [6.07, 6.45) is 1.55. The van der Waals surface area contributed by atoms with E-state index in [9.17, 15) is 9.59 Å². The lowest BCUT2D eigenvalue weighted by Gasteiger charge is -2.58. The van der Waals surface area contributed by atoms with Crippen LogP contribution < -0.4 is 5.32 Å². The van der Waals surface area contributed by atoms with Gasteiger partial charge in [0.2, 0.25) is 0 Å². The van der Waals surface area contributed by atoms with Crippen molar-refractivity contribution in [2.24, 2.45) is 5.41 Å². The van der Waals surface area contributed by atoms with Gasteiger partial charge in [0, 0.05) is 12.0 Å². The minimum absolute atomic E-state index is 0.00885. The Labute approximate surface area is 138 Å². The van der Waals surface area contributed by atoms with Gasteiger partial charge >= 0.3 is 11.9 Å². The number of hydrogen-bond acceptors (Lipinski definition) is 6. The summed E-state index contributed by atoms with van der Waals surface area (Å²) in [6, 6.07) is -0.261. The topological polar surface area (TPSA) is 73.9 Å². The molecule has 1 unspecified atom stereocenters. The van der Waals surface area contributed by atoms with Gasteiger partial charge < -0.3 is 19.5 Å². The molecule has 23 heavy (non-hydrogen) atoms. The van der Waals surface area contributed by atoms with E-state index in [1.165, 1.54) is 0 Å². The lowest BCUT2D eigenvalue weighted by molar-refractivity contribution is -0.188. The van der Waals surface area contributed by atoms with Crippen LogP contribution in [0, 0.1) is 5.41 Å². The Morgan fingerprint density at radius 2 is 1.61 bits per heavy atom. The second kappa shape index (κ2) is 6.06. The molecule has 1 spiro atoms. The molecule has 0 aromatic rings. The van der Waals surface area contributed by atoms with Gasteiger partial charge in [-0.15, -0.1) is 0 Å². The number of ether oxygens (including phenoxy) is 3. The molecule has 6 nitrogen and oxygen atoms in total. The number of rotatable bonds is 4. The molecule has 132 valence electrons. The fourth-order valence-electron chi connectivity index (χ4n) is 3.09. The quantitative estimate of drug-likeness (QED) is 0.794. The van der Waals surface area contributed by atoms with E-state index in [0.717, 1.165) is 19.4 Å². The first-order valence-corrected chi connectivity index (χ1v) is 8.20. The summed E-state index contributed by atoms with van der Waals surface area (Å²) < 4.78 is 16.2. The maximum Gasteiger partial charge on any atom is 0.332 e. The van der Waals surface area contributed by atoms with Crippen LogP contribution in [0.15, 0.2) is 0 Å². The van der Waals surface area contributed by atoms with Gasteiger partial charge in [-0.3, -0.25) is 4.79 Å². The van der Waals surface area contributed by atoms with Crippen LogP contribution >= 0.6 is 0 Å². The second-order valence-corrected chi connectivity index (χ2v) is 8.64. The van der Waals surface area contributed by atoms with E-state index < -0.39 is 11.2 Å². The average molecular weight is 327 g/mol. The molecule has 1 heterocycles. The summed E-state index contributed by atoms with van der Waals surface area (Å²) in [7, 11) is 0. The van der Waals surface area contributed by atoms with Crippen LogP contribution in [-0.2, 0) is 23.8 Å². The van der Waals surface area contributed by atoms with Crippen LogP contribution in [0.4, 0.5) is 0 Å². The fourth-order valence-corrected chi connectivity index (χ4v) is 3.09. The van der Waals surface area contributed by atoms with Crippen molar-refractivity contribution in [1.29, 1.82) is 0 Å². The second-order valence-electron chi connectivity index (χ2n) is 8.64. The zero-order valence-corrected chi connectivity index (χ0v) is 15.0. The lowest BCUT2D eigenvalue weighted by Crippen LogP contribution is -2.72. The van der Waals surface area contributed by atoms with Gasteiger partial charge in [-0.1, -0.05) is 0 Å². The van der Waals surface area contributed by atoms with Gasteiger partial charge in [-0.25, -0.2) is 4.79 Å². The molecule has 0 aromatic heterocycles. The molecule has 1 atom stereocenters. The summed E-state index contributed by atoms with van der Waals surface area (Å²) in [6.45, 7) is 11.8. The minimum atomic E-state index is -0.499. The van der Waals surface area contributed by atoms with Crippen LogP contribution in [-0.4, -0.2) is 48.4 Å². The first-order valence-electron chi connectivity index (χ1n) is 8.20. The van der Waals surface area contributed by atoms with Gasteiger partial charge in [0.05, 0.1) is 6.10 Å². The Hall–Kier alpha value is -1.14. The van der Waals surface area contributed by atoms with Gasteiger partial charge in [-0.05, 0) is 54.4 Å². The molecule has 1 N–H and O–H groups in total. The minimum Gasteiger partial charge on any atom is -0.459 e. The highest BCUT2D eigenvalue weighted by Crippen LogP contribution is 2.50. The number of carbonyl (C=O) groups is 2. The Kier molecular flexibility index (Phi) is 4.79. The number of hydrogen-bond donors (Lipinski definition) is 1. The third-order valence-corrected chi connectivity index (χ3v) is 4.04. The van der Waals surface area contributed by atoms with Crippen LogP contribution in [0.3, 0.4) is 0 Å². The molecule has 2 fully saturated rings.